The molecular formula is C17H18FN3O. The fourth-order valence-corrected chi connectivity index (χ4v) is 2.64. The molecule has 2 aromatic rings. The predicted molar refractivity (Wildman–Crippen MR) is 85.7 cm³/mol. The lowest BCUT2D eigenvalue weighted by Crippen LogP contribution is -2.18. The van der Waals surface area contributed by atoms with Crippen LogP contribution in [0.25, 0.3) is 0 Å². The standard InChI is InChI=1S/C17H18FN3O/c1-22-16-4-2-3-12(9-16)17-10-14(11-19)20-21(17)15-7-5-13(18)6-8-15/h2-9,17H,10-11,19H2,1H3. The number of hydrogen-bond donors (Lipinski definition) is 1. The van der Waals surface area contributed by atoms with E-state index in [-0.39, 0.29) is 11.9 Å². The van der Waals surface area contributed by atoms with Crippen molar-refractivity contribution in [3.05, 3.63) is 59.9 Å². The lowest BCUT2D eigenvalue weighted by Gasteiger charge is -2.24. The fraction of sp³-hybridized carbons (Fsp3) is 0.235. The van der Waals surface area contributed by atoms with Crippen molar-refractivity contribution in [1.29, 1.82) is 0 Å². The maximum absolute atomic E-state index is 13.1. The van der Waals surface area contributed by atoms with Crippen molar-refractivity contribution in [2.75, 3.05) is 18.7 Å². The molecule has 1 aliphatic heterocycles. The second-order valence-corrected chi connectivity index (χ2v) is 5.19. The average molecular weight is 299 g/mol. The maximum atomic E-state index is 13.1. The van der Waals surface area contributed by atoms with Crippen LogP contribution >= 0.6 is 0 Å². The summed E-state index contributed by atoms with van der Waals surface area (Å²) in [7, 11) is 1.65. The topological polar surface area (TPSA) is 50.9 Å². The van der Waals surface area contributed by atoms with E-state index >= 15 is 0 Å². The average Bonchev–Trinajstić information content (AvgIpc) is 3.00. The third kappa shape index (κ3) is 2.80. The van der Waals surface area contributed by atoms with E-state index in [4.69, 9.17) is 10.5 Å². The van der Waals surface area contributed by atoms with Crippen molar-refractivity contribution in [3.8, 4) is 5.75 Å². The zero-order valence-corrected chi connectivity index (χ0v) is 12.4. The Hall–Kier alpha value is -2.40. The van der Waals surface area contributed by atoms with Crippen LogP contribution in [0.15, 0.2) is 53.6 Å². The highest BCUT2D eigenvalue weighted by molar-refractivity contribution is 5.90. The predicted octanol–water partition coefficient (Wildman–Crippen LogP) is 3.10. The quantitative estimate of drug-likeness (QED) is 0.944. The van der Waals surface area contributed by atoms with Crippen LogP contribution in [0.1, 0.15) is 18.0 Å². The molecule has 1 unspecified atom stereocenters. The third-order valence-corrected chi connectivity index (χ3v) is 3.78. The Balaban J connectivity index is 1.96. The number of nitrogens with two attached hydrogens (primary N) is 1. The summed E-state index contributed by atoms with van der Waals surface area (Å²) < 4.78 is 18.4. The van der Waals surface area contributed by atoms with Gasteiger partial charge < -0.3 is 10.5 Å². The molecular weight excluding hydrogens is 281 g/mol. The van der Waals surface area contributed by atoms with Gasteiger partial charge in [-0.1, -0.05) is 12.1 Å². The lowest BCUT2D eigenvalue weighted by atomic mass is 10.0. The molecule has 0 amide bonds. The Morgan fingerprint density at radius 3 is 2.73 bits per heavy atom. The number of methoxy groups -OCH3 is 1. The molecule has 22 heavy (non-hydrogen) atoms. The van der Waals surface area contributed by atoms with Gasteiger partial charge in [0.2, 0.25) is 0 Å². The highest BCUT2D eigenvalue weighted by Gasteiger charge is 2.28. The largest absolute Gasteiger partial charge is 0.497 e. The van der Waals surface area contributed by atoms with E-state index in [0.717, 1.165) is 29.1 Å². The summed E-state index contributed by atoms with van der Waals surface area (Å²) in [6, 6.07) is 14.3. The second-order valence-electron chi connectivity index (χ2n) is 5.19. The SMILES string of the molecule is COc1cccc(C2CC(CN)=NN2c2ccc(F)cc2)c1. The minimum atomic E-state index is -0.260. The Bertz CT molecular complexity index is 685. The van der Waals surface area contributed by atoms with Crippen molar-refractivity contribution in [3.63, 3.8) is 0 Å². The molecule has 114 valence electrons. The molecule has 0 saturated heterocycles. The van der Waals surface area contributed by atoms with Crippen LogP contribution in [0.3, 0.4) is 0 Å². The van der Waals surface area contributed by atoms with Crippen LogP contribution < -0.4 is 15.5 Å². The maximum Gasteiger partial charge on any atom is 0.123 e. The molecule has 0 aliphatic carbocycles. The summed E-state index contributed by atoms with van der Waals surface area (Å²) in [4.78, 5) is 0. The molecule has 1 heterocycles. The number of nitrogens with zero attached hydrogens (tertiary/aromatic N) is 2. The number of hydrazone groups is 1. The minimum absolute atomic E-state index is 0.0408. The van der Waals surface area contributed by atoms with Crippen LogP contribution in [0.4, 0.5) is 10.1 Å². The van der Waals surface area contributed by atoms with Crippen molar-refractivity contribution >= 4 is 11.4 Å². The number of benzene rings is 2. The van der Waals surface area contributed by atoms with Crippen molar-refractivity contribution in [2.24, 2.45) is 10.8 Å². The molecule has 1 aliphatic rings. The summed E-state index contributed by atoms with van der Waals surface area (Å²) in [5.41, 5.74) is 8.62. The molecule has 0 saturated carbocycles. The van der Waals surface area contributed by atoms with Crippen molar-refractivity contribution in [1.82, 2.24) is 0 Å². The number of halogens is 1. The minimum Gasteiger partial charge on any atom is -0.497 e. The van der Waals surface area contributed by atoms with Crippen LogP contribution in [0.5, 0.6) is 5.75 Å². The Kier molecular flexibility index (Phi) is 4.06. The Morgan fingerprint density at radius 2 is 2.05 bits per heavy atom. The van der Waals surface area contributed by atoms with Gasteiger partial charge in [0, 0.05) is 13.0 Å². The van der Waals surface area contributed by atoms with E-state index in [2.05, 4.69) is 5.10 Å². The zero-order chi connectivity index (χ0) is 15.5. The summed E-state index contributed by atoms with van der Waals surface area (Å²) in [6.07, 6.45) is 0.751. The zero-order valence-electron chi connectivity index (χ0n) is 12.4. The summed E-state index contributed by atoms with van der Waals surface area (Å²) in [5, 5.41) is 6.48. The number of hydrogen-bond acceptors (Lipinski definition) is 4. The van der Waals surface area contributed by atoms with Gasteiger partial charge in [0.1, 0.15) is 11.6 Å². The van der Waals surface area contributed by atoms with Gasteiger partial charge >= 0.3 is 0 Å². The molecule has 2 N–H and O–H groups in total. The molecule has 2 aromatic carbocycles. The smallest absolute Gasteiger partial charge is 0.123 e. The first kappa shape index (κ1) is 14.5. The molecule has 5 heteroatoms. The molecule has 3 rings (SSSR count). The van der Waals surface area contributed by atoms with Gasteiger partial charge in [-0.2, -0.15) is 5.10 Å². The highest BCUT2D eigenvalue weighted by atomic mass is 19.1. The summed E-state index contributed by atoms with van der Waals surface area (Å²) in [5.74, 6) is 0.543. The molecule has 0 fully saturated rings. The van der Waals surface area contributed by atoms with E-state index in [1.54, 1.807) is 19.2 Å². The monoisotopic (exact) mass is 299 g/mol. The van der Waals surface area contributed by atoms with Gasteiger partial charge in [0.05, 0.1) is 24.6 Å². The van der Waals surface area contributed by atoms with E-state index in [1.807, 2.05) is 29.3 Å². The fourth-order valence-electron chi connectivity index (χ4n) is 2.64. The van der Waals surface area contributed by atoms with Crippen LogP contribution in [-0.2, 0) is 0 Å². The van der Waals surface area contributed by atoms with E-state index in [1.165, 1.54) is 12.1 Å². The number of anilines is 1. The van der Waals surface area contributed by atoms with Gasteiger partial charge in [-0.15, -0.1) is 0 Å². The van der Waals surface area contributed by atoms with E-state index in [9.17, 15) is 4.39 Å². The van der Waals surface area contributed by atoms with Gasteiger partial charge in [0.15, 0.2) is 0 Å². The highest BCUT2D eigenvalue weighted by Crippen LogP contribution is 2.36. The van der Waals surface area contributed by atoms with Crippen LogP contribution in [0.2, 0.25) is 0 Å². The van der Waals surface area contributed by atoms with E-state index in [0.29, 0.717) is 6.54 Å². The second kappa shape index (κ2) is 6.15. The first-order chi connectivity index (χ1) is 10.7. The third-order valence-electron chi connectivity index (χ3n) is 3.78. The normalized spacial score (nSPS) is 17.5. The van der Waals surface area contributed by atoms with Crippen molar-refractivity contribution < 1.29 is 9.13 Å². The van der Waals surface area contributed by atoms with E-state index < -0.39 is 0 Å². The van der Waals surface area contributed by atoms with Crippen LogP contribution in [-0.4, -0.2) is 19.4 Å². The van der Waals surface area contributed by atoms with Crippen molar-refractivity contribution in [2.45, 2.75) is 12.5 Å². The first-order valence-electron chi connectivity index (χ1n) is 7.16. The van der Waals surface area contributed by atoms with Gasteiger partial charge in [-0.05, 0) is 42.0 Å². The molecule has 4 nitrogen and oxygen atoms in total. The molecule has 0 bridgehead atoms. The summed E-state index contributed by atoms with van der Waals surface area (Å²) >= 11 is 0. The van der Waals surface area contributed by atoms with Gasteiger partial charge in [-0.25, -0.2) is 4.39 Å². The number of rotatable bonds is 4. The van der Waals surface area contributed by atoms with Gasteiger partial charge in [-0.3, -0.25) is 5.01 Å². The molecule has 0 aromatic heterocycles. The Morgan fingerprint density at radius 1 is 1.27 bits per heavy atom. The Labute approximate surface area is 129 Å². The van der Waals surface area contributed by atoms with Gasteiger partial charge in [0.25, 0.3) is 0 Å². The molecule has 0 spiro atoms. The van der Waals surface area contributed by atoms with Crippen LogP contribution in [0, 0.1) is 5.82 Å². The molecule has 1 atom stereocenters. The number of ether oxygens (including phenoxy) is 1. The summed E-state index contributed by atoms with van der Waals surface area (Å²) in [6.45, 7) is 0.415. The lowest BCUT2D eigenvalue weighted by molar-refractivity contribution is 0.414. The molecule has 0 radical (unpaired) electrons. The first-order valence-corrected chi connectivity index (χ1v) is 7.16.